The molecule has 0 radical (unpaired) electrons. The van der Waals surface area contributed by atoms with Crippen LogP contribution in [-0.4, -0.2) is 21.3 Å². The largest absolute Gasteiger partial charge is 0.384 e. The summed E-state index contributed by atoms with van der Waals surface area (Å²) in [6.07, 6.45) is 3.07. The first-order valence-electron chi connectivity index (χ1n) is 4.21. The van der Waals surface area contributed by atoms with Crippen molar-refractivity contribution in [3.05, 3.63) is 12.3 Å². The maximum absolute atomic E-state index is 5.71. The van der Waals surface area contributed by atoms with Crippen molar-refractivity contribution in [2.24, 2.45) is 5.92 Å². The van der Waals surface area contributed by atoms with Gasteiger partial charge in [-0.1, -0.05) is 0 Å². The fourth-order valence-electron chi connectivity index (χ4n) is 1.47. The molecule has 66 valence electrons. The fourth-order valence-corrected chi connectivity index (χ4v) is 2.74. The van der Waals surface area contributed by atoms with Gasteiger partial charge in [-0.2, -0.15) is 16.9 Å². The predicted octanol–water partition coefficient (Wildman–Crippen LogP) is 1.22. The van der Waals surface area contributed by atoms with Crippen LogP contribution in [0.15, 0.2) is 12.3 Å². The third kappa shape index (κ3) is 1.58. The van der Waals surface area contributed by atoms with E-state index in [0.717, 1.165) is 18.3 Å². The first-order chi connectivity index (χ1) is 5.86. The second kappa shape index (κ2) is 3.39. The van der Waals surface area contributed by atoms with Crippen LogP contribution in [0.2, 0.25) is 0 Å². The number of thioether (sulfide) groups is 1. The molecule has 1 aromatic heterocycles. The van der Waals surface area contributed by atoms with Crippen molar-refractivity contribution < 1.29 is 0 Å². The highest BCUT2D eigenvalue weighted by Crippen LogP contribution is 2.25. The lowest BCUT2D eigenvalue weighted by atomic mass is 10.1. The summed E-state index contributed by atoms with van der Waals surface area (Å²) in [5.74, 6) is 4.12. The van der Waals surface area contributed by atoms with Gasteiger partial charge in [0.15, 0.2) is 0 Å². The predicted molar refractivity (Wildman–Crippen MR) is 52.1 cm³/mol. The Morgan fingerprint density at radius 2 is 2.67 bits per heavy atom. The van der Waals surface area contributed by atoms with Gasteiger partial charge in [0.25, 0.3) is 0 Å². The molecule has 0 amide bonds. The normalized spacial score (nSPS) is 23.2. The minimum absolute atomic E-state index is 0.775. The van der Waals surface area contributed by atoms with Gasteiger partial charge in [-0.3, -0.25) is 0 Å². The summed E-state index contributed by atoms with van der Waals surface area (Å²) in [6.45, 7) is 0.992. The van der Waals surface area contributed by atoms with Crippen LogP contribution >= 0.6 is 11.8 Å². The lowest BCUT2D eigenvalue weighted by Gasteiger charge is -2.08. The first-order valence-corrected chi connectivity index (χ1v) is 5.37. The Morgan fingerprint density at radius 1 is 1.75 bits per heavy atom. The number of nitrogen functional groups attached to an aromatic ring is 1. The van der Waals surface area contributed by atoms with Crippen molar-refractivity contribution in [2.45, 2.75) is 13.0 Å². The van der Waals surface area contributed by atoms with Gasteiger partial charge in [0, 0.05) is 6.54 Å². The summed E-state index contributed by atoms with van der Waals surface area (Å²) in [5, 5.41) is 4.16. The highest BCUT2D eigenvalue weighted by molar-refractivity contribution is 7.99. The molecule has 2 N–H and O–H groups in total. The Bertz CT molecular complexity index is 253. The molecule has 2 rings (SSSR count). The summed E-state index contributed by atoms with van der Waals surface area (Å²) in [4.78, 5) is 0. The zero-order valence-electron chi connectivity index (χ0n) is 6.94. The molecule has 2 heterocycles. The number of hydrogen-bond donors (Lipinski definition) is 1. The molecule has 0 aliphatic carbocycles. The van der Waals surface area contributed by atoms with E-state index in [1.54, 1.807) is 6.20 Å². The summed E-state index contributed by atoms with van der Waals surface area (Å²) in [6, 6.07) is 1.85. The zero-order valence-corrected chi connectivity index (χ0v) is 7.76. The highest BCUT2D eigenvalue weighted by Gasteiger charge is 2.16. The molecule has 1 aliphatic heterocycles. The average Bonchev–Trinajstić information content (AvgIpc) is 2.65. The van der Waals surface area contributed by atoms with Crippen molar-refractivity contribution in [2.75, 3.05) is 17.2 Å². The number of nitrogens with zero attached hydrogens (tertiary/aromatic N) is 2. The van der Waals surface area contributed by atoms with E-state index in [2.05, 4.69) is 5.10 Å². The lowest BCUT2D eigenvalue weighted by molar-refractivity contribution is 0.464. The van der Waals surface area contributed by atoms with Crippen LogP contribution in [0.3, 0.4) is 0 Å². The van der Waals surface area contributed by atoms with Crippen LogP contribution in [0.1, 0.15) is 6.42 Å². The average molecular weight is 183 g/mol. The molecule has 1 aromatic rings. The lowest BCUT2D eigenvalue weighted by Crippen LogP contribution is -2.13. The summed E-state index contributed by atoms with van der Waals surface area (Å²) in [5.41, 5.74) is 5.71. The van der Waals surface area contributed by atoms with Gasteiger partial charge in [0.1, 0.15) is 5.82 Å². The first kappa shape index (κ1) is 7.98. The number of aromatic nitrogens is 2. The van der Waals surface area contributed by atoms with Crippen LogP contribution in [0.4, 0.5) is 5.82 Å². The van der Waals surface area contributed by atoms with Crippen LogP contribution in [0.5, 0.6) is 0 Å². The molecule has 0 bridgehead atoms. The molecule has 1 atom stereocenters. The third-order valence-electron chi connectivity index (χ3n) is 2.20. The standard InChI is InChI=1S/C8H13N3S/c9-8-1-3-10-11(8)5-7-2-4-12-6-7/h1,3,7H,2,4-6,9H2. The Labute approximate surface area is 76.3 Å². The zero-order chi connectivity index (χ0) is 8.39. The maximum Gasteiger partial charge on any atom is 0.121 e. The van der Waals surface area contributed by atoms with Crippen molar-refractivity contribution in [3.8, 4) is 0 Å². The van der Waals surface area contributed by atoms with E-state index in [4.69, 9.17) is 5.73 Å². The number of rotatable bonds is 2. The van der Waals surface area contributed by atoms with Crippen molar-refractivity contribution in [1.82, 2.24) is 9.78 Å². The summed E-state index contributed by atoms with van der Waals surface area (Å²) < 4.78 is 1.90. The molecule has 1 saturated heterocycles. The minimum atomic E-state index is 0.775. The topological polar surface area (TPSA) is 43.8 Å². The number of anilines is 1. The maximum atomic E-state index is 5.71. The van der Waals surface area contributed by atoms with Crippen LogP contribution in [-0.2, 0) is 6.54 Å². The van der Waals surface area contributed by atoms with Crippen LogP contribution in [0.25, 0.3) is 0 Å². The molecule has 1 aliphatic rings. The van der Waals surface area contributed by atoms with E-state index >= 15 is 0 Å². The van der Waals surface area contributed by atoms with E-state index in [9.17, 15) is 0 Å². The molecule has 1 unspecified atom stereocenters. The highest BCUT2D eigenvalue weighted by atomic mass is 32.2. The van der Waals surface area contributed by atoms with Gasteiger partial charge in [-0.25, -0.2) is 4.68 Å². The molecular formula is C8H13N3S. The summed E-state index contributed by atoms with van der Waals surface area (Å²) >= 11 is 2.03. The van der Waals surface area contributed by atoms with E-state index in [1.165, 1.54) is 17.9 Å². The summed E-state index contributed by atoms with van der Waals surface area (Å²) in [7, 11) is 0. The van der Waals surface area contributed by atoms with E-state index in [1.807, 2.05) is 22.5 Å². The smallest absolute Gasteiger partial charge is 0.121 e. The monoisotopic (exact) mass is 183 g/mol. The molecule has 3 nitrogen and oxygen atoms in total. The van der Waals surface area contributed by atoms with Gasteiger partial charge in [-0.15, -0.1) is 0 Å². The van der Waals surface area contributed by atoms with Crippen molar-refractivity contribution >= 4 is 17.6 Å². The SMILES string of the molecule is Nc1ccnn1CC1CCSC1. The third-order valence-corrected chi connectivity index (χ3v) is 3.44. The van der Waals surface area contributed by atoms with Crippen molar-refractivity contribution in [1.29, 1.82) is 0 Å². The van der Waals surface area contributed by atoms with Crippen LogP contribution in [0, 0.1) is 5.92 Å². The van der Waals surface area contributed by atoms with E-state index in [-0.39, 0.29) is 0 Å². The second-order valence-corrected chi connectivity index (χ2v) is 4.32. The Morgan fingerprint density at radius 3 is 3.25 bits per heavy atom. The second-order valence-electron chi connectivity index (χ2n) is 3.17. The Hall–Kier alpha value is -0.640. The van der Waals surface area contributed by atoms with Crippen molar-refractivity contribution in [3.63, 3.8) is 0 Å². The van der Waals surface area contributed by atoms with Gasteiger partial charge < -0.3 is 5.73 Å². The minimum Gasteiger partial charge on any atom is -0.384 e. The fraction of sp³-hybridized carbons (Fsp3) is 0.625. The van der Waals surface area contributed by atoms with Gasteiger partial charge in [0.05, 0.1) is 6.20 Å². The molecule has 0 aromatic carbocycles. The Kier molecular flexibility index (Phi) is 2.26. The number of hydrogen-bond acceptors (Lipinski definition) is 3. The molecule has 1 fully saturated rings. The Balaban J connectivity index is 1.98. The molecule has 0 spiro atoms. The van der Waals surface area contributed by atoms with E-state index in [0.29, 0.717) is 0 Å². The van der Waals surface area contributed by atoms with Gasteiger partial charge in [-0.05, 0) is 29.9 Å². The molecular weight excluding hydrogens is 170 g/mol. The van der Waals surface area contributed by atoms with E-state index < -0.39 is 0 Å². The number of nitrogens with two attached hydrogens (primary N) is 1. The van der Waals surface area contributed by atoms with Crippen LogP contribution < -0.4 is 5.73 Å². The quantitative estimate of drug-likeness (QED) is 0.749. The molecule has 12 heavy (non-hydrogen) atoms. The molecule has 4 heteroatoms. The molecule has 0 saturated carbocycles. The van der Waals surface area contributed by atoms with Gasteiger partial charge >= 0.3 is 0 Å². The van der Waals surface area contributed by atoms with Gasteiger partial charge in [0.2, 0.25) is 0 Å².